The van der Waals surface area contributed by atoms with E-state index >= 15 is 0 Å². The number of anilines is 2. The summed E-state index contributed by atoms with van der Waals surface area (Å²) < 4.78 is 27.6. The molecule has 0 unspecified atom stereocenters. The molecule has 0 radical (unpaired) electrons. The highest BCUT2D eigenvalue weighted by atomic mass is 16.7. The lowest BCUT2D eigenvalue weighted by molar-refractivity contribution is -0.306. The van der Waals surface area contributed by atoms with E-state index in [-0.39, 0.29) is 22.3 Å². The lowest BCUT2D eigenvalue weighted by Gasteiger charge is -2.46. The topological polar surface area (TPSA) is 186 Å². The Labute approximate surface area is 247 Å². The monoisotopic (exact) mass is 600 g/mol. The Morgan fingerprint density at radius 1 is 1.00 bits per heavy atom. The summed E-state index contributed by atoms with van der Waals surface area (Å²) in [5.74, 6) is -1.07. The van der Waals surface area contributed by atoms with Crippen LogP contribution in [0.5, 0.6) is 11.5 Å². The van der Waals surface area contributed by atoms with E-state index < -0.39 is 64.9 Å². The van der Waals surface area contributed by atoms with Gasteiger partial charge in [0, 0.05) is 23.9 Å². The van der Waals surface area contributed by atoms with Crippen LogP contribution in [0.4, 0.5) is 16.2 Å². The molecule has 2 amide bonds. The first-order valence-corrected chi connectivity index (χ1v) is 13.5. The number of aromatic hydroxyl groups is 1. The SMILES string of the molecule is CO[C@@H]1[C@@H](O)[C@@H](O)[C@H](Oc2ccc3c(O)c(NC(=O)c4ccc(NC(=O)OC(C)(C)C)cc4)c(=O)oc3c2C)OC1(C)C. The minimum absolute atomic E-state index is 0.0181. The van der Waals surface area contributed by atoms with Gasteiger partial charge in [-0.25, -0.2) is 9.59 Å². The van der Waals surface area contributed by atoms with Gasteiger partial charge in [0.15, 0.2) is 11.4 Å². The molecule has 2 aromatic carbocycles. The van der Waals surface area contributed by atoms with Crippen molar-refractivity contribution in [1.82, 2.24) is 0 Å². The fraction of sp³-hybridized carbons (Fsp3) is 0.433. The van der Waals surface area contributed by atoms with Gasteiger partial charge < -0.3 is 44.0 Å². The first kappa shape index (κ1) is 31.8. The number of aliphatic hydroxyl groups excluding tert-OH is 2. The highest BCUT2D eigenvalue weighted by molar-refractivity contribution is 6.06. The van der Waals surface area contributed by atoms with Gasteiger partial charge >= 0.3 is 11.7 Å². The lowest BCUT2D eigenvalue weighted by atomic mass is 9.89. The quantitative estimate of drug-likeness (QED) is 0.260. The minimum Gasteiger partial charge on any atom is -0.505 e. The number of amides is 2. The molecule has 4 atom stereocenters. The van der Waals surface area contributed by atoms with Crippen molar-refractivity contribution >= 4 is 34.3 Å². The molecule has 3 aromatic rings. The summed E-state index contributed by atoms with van der Waals surface area (Å²) in [5.41, 5.74) is -2.37. The number of ether oxygens (including phenoxy) is 4. The molecule has 13 heteroatoms. The van der Waals surface area contributed by atoms with E-state index in [1.54, 1.807) is 41.5 Å². The van der Waals surface area contributed by atoms with E-state index in [1.165, 1.54) is 43.5 Å². The van der Waals surface area contributed by atoms with E-state index in [9.17, 15) is 29.7 Å². The fourth-order valence-corrected chi connectivity index (χ4v) is 4.75. The van der Waals surface area contributed by atoms with Crippen LogP contribution in [0.15, 0.2) is 45.6 Å². The number of nitrogens with one attached hydrogen (secondary N) is 2. The molecular formula is C30H36N2O11. The Balaban J connectivity index is 1.53. The average Bonchev–Trinajstić information content (AvgIpc) is 2.90. The van der Waals surface area contributed by atoms with Gasteiger partial charge in [-0.3, -0.25) is 10.1 Å². The molecule has 1 saturated heterocycles. The average molecular weight is 601 g/mol. The van der Waals surface area contributed by atoms with Gasteiger partial charge in [-0.2, -0.15) is 0 Å². The van der Waals surface area contributed by atoms with Crippen LogP contribution in [0.25, 0.3) is 11.0 Å². The van der Waals surface area contributed by atoms with E-state index in [4.69, 9.17) is 23.4 Å². The number of rotatable bonds is 6. The Bertz CT molecular complexity index is 1570. The van der Waals surface area contributed by atoms with Crippen molar-refractivity contribution in [2.75, 3.05) is 17.7 Å². The van der Waals surface area contributed by atoms with E-state index in [2.05, 4.69) is 10.6 Å². The van der Waals surface area contributed by atoms with E-state index in [0.29, 0.717) is 11.3 Å². The maximum Gasteiger partial charge on any atom is 0.412 e. The van der Waals surface area contributed by atoms with E-state index in [1.807, 2.05) is 0 Å². The van der Waals surface area contributed by atoms with Crippen LogP contribution in [0.1, 0.15) is 50.5 Å². The molecule has 232 valence electrons. The third-order valence-electron chi connectivity index (χ3n) is 6.82. The maximum absolute atomic E-state index is 12.9. The summed E-state index contributed by atoms with van der Waals surface area (Å²) in [6.07, 6.45) is -5.50. The van der Waals surface area contributed by atoms with Crippen LogP contribution < -0.4 is 21.0 Å². The molecule has 13 nitrogen and oxygen atoms in total. The first-order valence-electron chi connectivity index (χ1n) is 13.5. The predicted octanol–water partition coefficient (Wildman–Crippen LogP) is 3.66. The number of carbonyl (C=O) groups excluding carboxylic acids is 2. The number of methoxy groups -OCH3 is 1. The highest BCUT2D eigenvalue weighted by Gasteiger charge is 2.50. The van der Waals surface area contributed by atoms with Crippen molar-refractivity contribution in [2.24, 2.45) is 0 Å². The highest BCUT2D eigenvalue weighted by Crippen LogP contribution is 2.38. The van der Waals surface area contributed by atoms with Crippen molar-refractivity contribution < 1.29 is 48.3 Å². The van der Waals surface area contributed by atoms with Crippen molar-refractivity contribution in [3.05, 3.63) is 57.9 Å². The Morgan fingerprint density at radius 2 is 1.65 bits per heavy atom. The molecule has 0 aliphatic carbocycles. The number of hydrogen-bond donors (Lipinski definition) is 5. The second kappa shape index (κ2) is 11.8. The fourth-order valence-electron chi connectivity index (χ4n) is 4.75. The Hall–Kier alpha value is -4.17. The molecule has 0 bridgehead atoms. The summed E-state index contributed by atoms with van der Waals surface area (Å²) >= 11 is 0. The number of hydrogen-bond acceptors (Lipinski definition) is 11. The third-order valence-corrected chi connectivity index (χ3v) is 6.82. The van der Waals surface area contributed by atoms with Crippen molar-refractivity contribution in [1.29, 1.82) is 0 Å². The van der Waals surface area contributed by atoms with Crippen molar-refractivity contribution in [3.63, 3.8) is 0 Å². The number of aliphatic hydroxyl groups is 2. The second-order valence-corrected chi connectivity index (χ2v) is 11.7. The largest absolute Gasteiger partial charge is 0.505 e. The summed E-state index contributed by atoms with van der Waals surface area (Å²) in [6, 6.07) is 8.69. The molecule has 1 aliphatic heterocycles. The molecule has 1 aromatic heterocycles. The van der Waals surface area contributed by atoms with Gasteiger partial charge in [-0.05, 0) is 77.9 Å². The molecule has 1 aliphatic rings. The Morgan fingerprint density at radius 3 is 2.26 bits per heavy atom. The second-order valence-electron chi connectivity index (χ2n) is 11.7. The minimum atomic E-state index is -1.45. The normalized spacial score (nSPS) is 21.7. The molecule has 5 N–H and O–H groups in total. The van der Waals surface area contributed by atoms with E-state index in [0.717, 1.165) is 0 Å². The van der Waals surface area contributed by atoms with Crippen LogP contribution in [-0.2, 0) is 14.2 Å². The summed E-state index contributed by atoms with van der Waals surface area (Å²) in [4.78, 5) is 37.7. The Kier molecular flexibility index (Phi) is 8.75. The molecule has 2 heterocycles. The summed E-state index contributed by atoms with van der Waals surface area (Å²) in [6.45, 7) is 10.1. The molecule has 0 saturated carbocycles. The van der Waals surface area contributed by atoms with Gasteiger partial charge in [0.25, 0.3) is 5.91 Å². The van der Waals surface area contributed by atoms with Gasteiger partial charge in [0.05, 0.1) is 11.0 Å². The number of aryl methyl sites for hydroxylation is 1. The number of carbonyl (C=O) groups is 2. The van der Waals surface area contributed by atoms with Crippen molar-refractivity contribution in [2.45, 2.75) is 77.3 Å². The van der Waals surface area contributed by atoms with Crippen LogP contribution in [0, 0.1) is 6.92 Å². The summed E-state index contributed by atoms with van der Waals surface area (Å²) in [7, 11) is 1.40. The maximum atomic E-state index is 12.9. The van der Waals surface area contributed by atoms with Gasteiger partial charge in [0.1, 0.15) is 35.2 Å². The van der Waals surface area contributed by atoms with Crippen LogP contribution >= 0.6 is 0 Å². The lowest BCUT2D eigenvalue weighted by Crippen LogP contribution is -2.63. The predicted molar refractivity (Wildman–Crippen MR) is 156 cm³/mol. The van der Waals surface area contributed by atoms with Crippen LogP contribution in [0.3, 0.4) is 0 Å². The molecule has 43 heavy (non-hydrogen) atoms. The molecule has 4 rings (SSSR count). The van der Waals surface area contributed by atoms with Gasteiger partial charge in [-0.15, -0.1) is 0 Å². The van der Waals surface area contributed by atoms with Crippen molar-refractivity contribution in [3.8, 4) is 11.5 Å². The number of benzene rings is 2. The third kappa shape index (κ3) is 6.75. The number of fused-ring (bicyclic) bond motifs is 1. The summed E-state index contributed by atoms with van der Waals surface area (Å²) in [5, 5.41) is 37.1. The van der Waals surface area contributed by atoms with Gasteiger partial charge in [-0.1, -0.05) is 0 Å². The van der Waals surface area contributed by atoms with Crippen LogP contribution in [-0.4, -0.2) is 70.2 Å². The zero-order valence-electron chi connectivity index (χ0n) is 24.9. The van der Waals surface area contributed by atoms with Gasteiger partial charge in [0.2, 0.25) is 6.29 Å². The zero-order chi connectivity index (χ0) is 31.9. The first-order chi connectivity index (χ1) is 20.0. The molecule has 1 fully saturated rings. The standard InChI is InChI=1S/C30H36N2O11/c1-14-18(40-27-22(35)21(34)24(39-7)30(5,6)42-27)13-12-17-20(33)19(26(37)41-23(14)17)32-25(36)15-8-10-16(11-9-15)31-28(38)43-29(2,3)4/h8-13,21-22,24,27,33-35H,1-7H3,(H,31,38)(H,32,36)/t21-,22+,24+,27+/m0/s1. The zero-order valence-corrected chi connectivity index (χ0v) is 24.9. The molecular weight excluding hydrogens is 564 g/mol. The smallest absolute Gasteiger partial charge is 0.412 e. The molecule has 0 spiro atoms. The van der Waals surface area contributed by atoms with Crippen LogP contribution in [0.2, 0.25) is 0 Å².